The van der Waals surface area contributed by atoms with Crippen LogP contribution in [0.1, 0.15) is 0 Å². The van der Waals surface area contributed by atoms with Crippen molar-refractivity contribution in [1.82, 2.24) is 4.98 Å². The van der Waals surface area contributed by atoms with Crippen molar-refractivity contribution in [1.29, 1.82) is 5.53 Å². The molecule has 1 heterocycles. The molecule has 1 N–H and O–H groups in total. The maximum atomic E-state index is 7.46. The Morgan fingerprint density at radius 2 is 1.23 bits per heavy atom. The Hall–Kier alpha value is -3.07. The van der Waals surface area contributed by atoms with E-state index in [0.717, 1.165) is 32.9 Å². The standard InChI is InChI=1S/C19H13N3/c20-22-18-12-6-3-9-15(18)19-13-7-1-4-10-16(13)21-17-11-5-2-8-14(17)19/h1-12,20H. The number of pyridine rings is 1. The van der Waals surface area contributed by atoms with Crippen molar-refractivity contribution in [3.63, 3.8) is 0 Å². The third-order valence-electron chi connectivity index (χ3n) is 3.88. The third kappa shape index (κ3) is 1.87. The van der Waals surface area contributed by atoms with Crippen LogP contribution in [0.15, 0.2) is 77.9 Å². The molecule has 3 aromatic carbocycles. The van der Waals surface area contributed by atoms with Crippen LogP contribution in [0.3, 0.4) is 0 Å². The molecule has 0 saturated carbocycles. The highest BCUT2D eigenvalue weighted by atomic mass is 15.0. The quantitative estimate of drug-likeness (QED) is 0.371. The van der Waals surface area contributed by atoms with Crippen LogP contribution in [-0.2, 0) is 0 Å². The van der Waals surface area contributed by atoms with Crippen molar-refractivity contribution in [3.8, 4) is 11.1 Å². The summed E-state index contributed by atoms with van der Waals surface area (Å²) in [6.07, 6.45) is 0. The van der Waals surface area contributed by atoms with Crippen LogP contribution < -0.4 is 0 Å². The highest BCUT2D eigenvalue weighted by Crippen LogP contribution is 2.39. The number of rotatable bonds is 2. The molecule has 22 heavy (non-hydrogen) atoms. The zero-order chi connectivity index (χ0) is 14.9. The lowest BCUT2D eigenvalue weighted by Gasteiger charge is -2.12. The van der Waals surface area contributed by atoms with E-state index in [1.807, 2.05) is 60.7 Å². The Morgan fingerprint density at radius 1 is 0.682 bits per heavy atom. The van der Waals surface area contributed by atoms with Gasteiger partial charge in [0, 0.05) is 21.9 Å². The van der Waals surface area contributed by atoms with E-state index in [4.69, 9.17) is 10.5 Å². The first kappa shape index (κ1) is 12.7. The van der Waals surface area contributed by atoms with Crippen molar-refractivity contribution in [3.05, 3.63) is 72.8 Å². The molecule has 3 heteroatoms. The van der Waals surface area contributed by atoms with E-state index in [9.17, 15) is 0 Å². The fourth-order valence-electron chi connectivity index (χ4n) is 2.91. The molecule has 0 spiro atoms. The van der Waals surface area contributed by atoms with E-state index in [2.05, 4.69) is 17.2 Å². The molecular weight excluding hydrogens is 270 g/mol. The monoisotopic (exact) mass is 283 g/mol. The molecule has 3 nitrogen and oxygen atoms in total. The van der Waals surface area contributed by atoms with E-state index >= 15 is 0 Å². The molecule has 4 rings (SSSR count). The van der Waals surface area contributed by atoms with Crippen molar-refractivity contribution in [2.45, 2.75) is 0 Å². The van der Waals surface area contributed by atoms with Crippen LogP contribution >= 0.6 is 0 Å². The van der Waals surface area contributed by atoms with Gasteiger partial charge in [0.25, 0.3) is 0 Å². The maximum Gasteiger partial charge on any atom is 0.0928 e. The summed E-state index contributed by atoms with van der Waals surface area (Å²) >= 11 is 0. The van der Waals surface area contributed by atoms with Gasteiger partial charge in [0.05, 0.1) is 16.7 Å². The summed E-state index contributed by atoms with van der Waals surface area (Å²) in [4.78, 5) is 4.74. The van der Waals surface area contributed by atoms with Gasteiger partial charge in [0.1, 0.15) is 0 Å². The first-order chi connectivity index (χ1) is 10.9. The molecular formula is C19H13N3. The lowest BCUT2D eigenvalue weighted by Crippen LogP contribution is -1.89. The molecule has 0 radical (unpaired) electrons. The molecule has 0 aliphatic carbocycles. The normalized spacial score (nSPS) is 10.9. The summed E-state index contributed by atoms with van der Waals surface area (Å²) in [7, 11) is 0. The first-order valence-corrected chi connectivity index (χ1v) is 7.13. The van der Waals surface area contributed by atoms with Gasteiger partial charge in [-0.1, -0.05) is 54.6 Å². The molecule has 0 bridgehead atoms. The lowest BCUT2D eigenvalue weighted by atomic mass is 9.95. The minimum atomic E-state index is 0.670. The van der Waals surface area contributed by atoms with Gasteiger partial charge < -0.3 is 0 Å². The number of hydrogen-bond donors (Lipinski definition) is 1. The second-order valence-corrected chi connectivity index (χ2v) is 5.15. The van der Waals surface area contributed by atoms with Crippen LogP contribution in [0.2, 0.25) is 0 Å². The van der Waals surface area contributed by atoms with E-state index in [1.54, 1.807) is 0 Å². The minimum absolute atomic E-state index is 0.670. The fraction of sp³-hybridized carbons (Fsp3) is 0. The molecule has 0 aliphatic heterocycles. The van der Waals surface area contributed by atoms with Gasteiger partial charge in [-0.25, -0.2) is 10.5 Å². The molecule has 104 valence electrons. The summed E-state index contributed by atoms with van der Waals surface area (Å²) < 4.78 is 0. The molecule has 0 saturated heterocycles. The van der Waals surface area contributed by atoms with Crippen LogP contribution in [-0.4, -0.2) is 4.98 Å². The number of fused-ring (bicyclic) bond motifs is 2. The SMILES string of the molecule is N=Nc1ccccc1-c1c2ccccc2nc2ccccc12. The van der Waals surface area contributed by atoms with Gasteiger partial charge >= 0.3 is 0 Å². The van der Waals surface area contributed by atoms with Crippen molar-refractivity contribution in [2.24, 2.45) is 5.11 Å². The Kier molecular flexibility index (Phi) is 2.90. The topological polar surface area (TPSA) is 49.1 Å². The maximum absolute atomic E-state index is 7.46. The molecule has 0 atom stereocenters. The number of benzene rings is 3. The Bertz CT molecular complexity index is 952. The summed E-state index contributed by atoms with van der Waals surface area (Å²) in [5, 5.41) is 5.85. The zero-order valence-electron chi connectivity index (χ0n) is 11.8. The van der Waals surface area contributed by atoms with Crippen molar-refractivity contribution in [2.75, 3.05) is 0 Å². The van der Waals surface area contributed by atoms with Gasteiger partial charge in [-0.05, 0) is 18.2 Å². The van der Waals surface area contributed by atoms with Gasteiger partial charge in [0.2, 0.25) is 0 Å². The van der Waals surface area contributed by atoms with Gasteiger partial charge in [0.15, 0.2) is 0 Å². The van der Waals surface area contributed by atoms with Crippen LogP contribution in [0, 0.1) is 5.53 Å². The van der Waals surface area contributed by atoms with E-state index in [0.29, 0.717) is 5.69 Å². The smallest absolute Gasteiger partial charge is 0.0928 e. The summed E-state index contributed by atoms with van der Waals surface area (Å²) in [6, 6.07) is 24.0. The molecule has 4 aromatic rings. The predicted octanol–water partition coefficient (Wildman–Crippen LogP) is 5.72. The molecule has 0 fully saturated rings. The highest BCUT2D eigenvalue weighted by molar-refractivity contribution is 6.11. The minimum Gasteiger partial charge on any atom is -0.248 e. The fourth-order valence-corrected chi connectivity index (χ4v) is 2.91. The number of para-hydroxylation sites is 3. The van der Waals surface area contributed by atoms with Gasteiger partial charge in [-0.15, -0.1) is 0 Å². The molecule has 0 amide bonds. The Morgan fingerprint density at radius 3 is 1.86 bits per heavy atom. The lowest BCUT2D eigenvalue weighted by molar-refractivity contribution is 1.15. The Balaban J connectivity index is 2.24. The summed E-state index contributed by atoms with van der Waals surface area (Å²) in [6.45, 7) is 0. The number of hydrogen-bond acceptors (Lipinski definition) is 3. The third-order valence-corrected chi connectivity index (χ3v) is 3.88. The second kappa shape index (κ2) is 5.04. The van der Waals surface area contributed by atoms with E-state index in [1.165, 1.54) is 0 Å². The van der Waals surface area contributed by atoms with Crippen LogP contribution in [0.5, 0.6) is 0 Å². The zero-order valence-corrected chi connectivity index (χ0v) is 11.8. The largest absolute Gasteiger partial charge is 0.248 e. The van der Waals surface area contributed by atoms with Crippen molar-refractivity contribution >= 4 is 27.5 Å². The van der Waals surface area contributed by atoms with E-state index in [-0.39, 0.29) is 0 Å². The van der Waals surface area contributed by atoms with Crippen LogP contribution in [0.4, 0.5) is 5.69 Å². The highest BCUT2D eigenvalue weighted by Gasteiger charge is 2.13. The Labute approximate surface area is 127 Å². The number of aromatic nitrogens is 1. The summed E-state index contributed by atoms with van der Waals surface area (Å²) in [5.41, 5.74) is 12.1. The first-order valence-electron chi connectivity index (χ1n) is 7.13. The van der Waals surface area contributed by atoms with Crippen LogP contribution in [0.25, 0.3) is 32.9 Å². The average molecular weight is 283 g/mol. The van der Waals surface area contributed by atoms with Gasteiger partial charge in [-0.3, -0.25) is 0 Å². The summed E-state index contributed by atoms with van der Waals surface area (Å²) in [5.74, 6) is 0. The molecule has 1 aromatic heterocycles. The molecule has 0 unspecified atom stereocenters. The number of nitrogens with one attached hydrogen (secondary N) is 1. The second-order valence-electron chi connectivity index (χ2n) is 5.15. The molecule has 0 aliphatic rings. The predicted molar refractivity (Wildman–Crippen MR) is 89.5 cm³/mol. The van der Waals surface area contributed by atoms with E-state index < -0.39 is 0 Å². The number of nitrogens with zero attached hydrogens (tertiary/aromatic N) is 2. The van der Waals surface area contributed by atoms with Gasteiger partial charge in [-0.2, -0.15) is 5.11 Å². The van der Waals surface area contributed by atoms with Crippen molar-refractivity contribution < 1.29 is 0 Å². The average Bonchev–Trinajstić information content (AvgIpc) is 2.59.